The van der Waals surface area contributed by atoms with Crippen molar-refractivity contribution in [3.05, 3.63) is 24.3 Å². The van der Waals surface area contributed by atoms with Gasteiger partial charge in [-0.3, -0.25) is 14.4 Å². The standard InChI is InChI=1S/C25H31Br2NO4/c1-2-3-4-5-6-7-8-12-19(29)32-16-11-9-10-15(13-16)28-24(30)20-17-14-18(21(20)25(28)31)23(27)22(17)26/h9-11,13,17-18,20-23H,2-8,12,14H2,1H3/t17-,18+,20-,21-,22-,23+/m0/s1. The monoisotopic (exact) mass is 567 g/mol. The molecule has 5 nitrogen and oxygen atoms in total. The number of benzene rings is 1. The Morgan fingerprint density at radius 2 is 1.56 bits per heavy atom. The Morgan fingerprint density at radius 1 is 0.969 bits per heavy atom. The van der Waals surface area contributed by atoms with E-state index in [1.165, 1.54) is 30.6 Å². The molecule has 0 unspecified atom stereocenters. The zero-order valence-electron chi connectivity index (χ0n) is 18.5. The molecule has 0 N–H and O–H groups in total. The van der Waals surface area contributed by atoms with Gasteiger partial charge in [-0.05, 0) is 36.8 Å². The van der Waals surface area contributed by atoms with Gasteiger partial charge in [0.05, 0.1) is 17.5 Å². The van der Waals surface area contributed by atoms with E-state index in [1.807, 2.05) is 0 Å². The summed E-state index contributed by atoms with van der Waals surface area (Å²) < 4.78 is 5.51. The molecule has 174 valence electrons. The van der Waals surface area contributed by atoms with Crippen molar-refractivity contribution in [2.75, 3.05) is 4.90 Å². The van der Waals surface area contributed by atoms with Gasteiger partial charge >= 0.3 is 5.97 Å². The first-order valence-electron chi connectivity index (χ1n) is 11.9. The van der Waals surface area contributed by atoms with E-state index in [0.29, 0.717) is 17.9 Å². The number of hydrogen-bond acceptors (Lipinski definition) is 4. The Bertz CT molecular complexity index is 843. The second-order valence-corrected chi connectivity index (χ2v) is 11.5. The van der Waals surface area contributed by atoms with Crippen LogP contribution in [0, 0.1) is 23.7 Å². The minimum absolute atomic E-state index is 0.122. The van der Waals surface area contributed by atoms with Gasteiger partial charge in [-0.1, -0.05) is 83.4 Å². The lowest BCUT2D eigenvalue weighted by Gasteiger charge is -2.28. The van der Waals surface area contributed by atoms with Crippen molar-refractivity contribution in [3.8, 4) is 5.75 Å². The summed E-state index contributed by atoms with van der Waals surface area (Å²) in [6, 6.07) is 6.81. The molecule has 3 fully saturated rings. The van der Waals surface area contributed by atoms with E-state index in [-0.39, 0.29) is 51.1 Å². The Balaban J connectivity index is 1.34. The van der Waals surface area contributed by atoms with Gasteiger partial charge in [0.15, 0.2) is 0 Å². The first kappa shape index (κ1) is 23.9. The van der Waals surface area contributed by atoms with E-state index in [0.717, 1.165) is 25.7 Å². The third-order valence-electron chi connectivity index (χ3n) is 7.28. The van der Waals surface area contributed by atoms with Gasteiger partial charge in [-0.15, -0.1) is 0 Å². The molecule has 0 aromatic heterocycles. The number of ether oxygens (including phenoxy) is 1. The van der Waals surface area contributed by atoms with Gasteiger partial charge in [0.2, 0.25) is 11.8 Å². The molecule has 2 aliphatic carbocycles. The number of nitrogens with zero attached hydrogens (tertiary/aromatic N) is 1. The molecule has 32 heavy (non-hydrogen) atoms. The maximum atomic E-state index is 13.2. The maximum absolute atomic E-state index is 13.2. The fourth-order valence-electron chi connectivity index (χ4n) is 5.70. The summed E-state index contributed by atoms with van der Waals surface area (Å²) in [4.78, 5) is 40.4. The summed E-state index contributed by atoms with van der Waals surface area (Å²) in [5.41, 5.74) is 0.493. The number of alkyl halides is 2. The smallest absolute Gasteiger partial charge is 0.311 e. The van der Waals surface area contributed by atoms with Gasteiger partial charge in [0, 0.05) is 22.1 Å². The Kier molecular flexibility index (Phi) is 7.76. The highest BCUT2D eigenvalue weighted by atomic mass is 79.9. The summed E-state index contributed by atoms with van der Waals surface area (Å²) in [7, 11) is 0. The summed E-state index contributed by atoms with van der Waals surface area (Å²) >= 11 is 7.43. The van der Waals surface area contributed by atoms with Crippen LogP contribution in [-0.4, -0.2) is 27.4 Å². The Hall–Kier alpha value is -1.21. The van der Waals surface area contributed by atoms with Crippen LogP contribution in [0.15, 0.2) is 24.3 Å². The summed E-state index contributed by atoms with van der Waals surface area (Å²) in [5, 5.41) is 0. The van der Waals surface area contributed by atoms with E-state index in [2.05, 4.69) is 38.8 Å². The highest BCUT2D eigenvalue weighted by Gasteiger charge is 2.66. The molecule has 2 saturated carbocycles. The number of fused-ring (bicyclic) bond motifs is 5. The Morgan fingerprint density at radius 3 is 2.19 bits per heavy atom. The lowest BCUT2D eigenvalue weighted by Crippen LogP contribution is -2.37. The van der Waals surface area contributed by atoms with Crippen LogP contribution in [0.25, 0.3) is 0 Å². The lowest BCUT2D eigenvalue weighted by atomic mass is 9.81. The minimum Gasteiger partial charge on any atom is -0.426 e. The van der Waals surface area contributed by atoms with Crippen molar-refractivity contribution in [1.82, 2.24) is 0 Å². The normalized spacial score (nSPS) is 30.8. The largest absolute Gasteiger partial charge is 0.426 e. The average Bonchev–Trinajstić information content (AvgIpc) is 3.38. The molecule has 1 heterocycles. The van der Waals surface area contributed by atoms with Crippen LogP contribution in [0.5, 0.6) is 5.75 Å². The van der Waals surface area contributed by atoms with E-state index >= 15 is 0 Å². The van der Waals surface area contributed by atoms with Crippen LogP contribution in [0.2, 0.25) is 0 Å². The van der Waals surface area contributed by atoms with Gasteiger partial charge in [-0.25, -0.2) is 4.90 Å². The molecular weight excluding hydrogens is 538 g/mol. The van der Waals surface area contributed by atoms with Crippen LogP contribution in [0.3, 0.4) is 0 Å². The van der Waals surface area contributed by atoms with Crippen molar-refractivity contribution < 1.29 is 19.1 Å². The number of anilines is 1. The molecule has 4 rings (SSSR count). The summed E-state index contributed by atoms with van der Waals surface area (Å²) in [5.74, 6) is -0.284. The van der Waals surface area contributed by atoms with Crippen LogP contribution in [0.1, 0.15) is 64.7 Å². The first-order valence-corrected chi connectivity index (χ1v) is 13.7. The summed E-state index contributed by atoms with van der Waals surface area (Å²) in [6.45, 7) is 2.20. The number of amides is 2. The Labute approximate surface area is 206 Å². The molecule has 7 heteroatoms. The first-order chi connectivity index (χ1) is 15.4. The predicted molar refractivity (Wildman–Crippen MR) is 131 cm³/mol. The molecule has 6 atom stereocenters. The second kappa shape index (κ2) is 10.4. The quantitative estimate of drug-likeness (QED) is 0.114. The molecule has 3 aliphatic rings. The highest BCUT2D eigenvalue weighted by molar-refractivity contribution is 9.12. The van der Waals surface area contributed by atoms with E-state index < -0.39 is 0 Å². The zero-order chi connectivity index (χ0) is 22.8. The van der Waals surface area contributed by atoms with Crippen LogP contribution < -0.4 is 9.64 Å². The van der Waals surface area contributed by atoms with Gasteiger partial charge in [-0.2, -0.15) is 0 Å². The molecular formula is C25H31Br2NO4. The van der Waals surface area contributed by atoms with Gasteiger partial charge in [0.1, 0.15) is 5.75 Å². The number of carbonyl (C=O) groups is 3. The number of carbonyl (C=O) groups excluding carboxylic acids is 3. The number of imide groups is 1. The van der Waals surface area contributed by atoms with Crippen LogP contribution in [-0.2, 0) is 14.4 Å². The maximum Gasteiger partial charge on any atom is 0.311 e. The fourth-order valence-corrected chi connectivity index (χ4v) is 7.57. The molecule has 2 amide bonds. The third-order valence-corrected chi connectivity index (χ3v) is 10.5. The number of hydrogen-bond donors (Lipinski definition) is 0. The predicted octanol–water partition coefficient (Wildman–Crippen LogP) is 6.02. The van der Waals surface area contributed by atoms with Gasteiger partial charge in [0.25, 0.3) is 0 Å². The third kappa shape index (κ3) is 4.56. The van der Waals surface area contributed by atoms with Crippen molar-refractivity contribution in [2.45, 2.75) is 74.4 Å². The topological polar surface area (TPSA) is 63.7 Å². The molecule has 1 aromatic rings. The molecule has 1 saturated heterocycles. The second-order valence-electron chi connectivity index (χ2n) is 9.36. The molecule has 0 radical (unpaired) electrons. The molecule has 1 aromatic carbocycles. The molecule has 0 spiro atoms. The van der Waals surface area contributed by atoms with Crippen molar-refractivity contribution in [1.29, 1.82) is 0 Å². The van der Waals surface area contributed by atoms with E-state index in [9.17, 15) is 14.4 Å². The zero-order valence-corrected chi connectivity index (χ0v) is 21.6. The van der Waals surface area contributed by atoms with Gasteiger partial charge < -0.3 is 4.74 Å². The molecule has 2 bridgehead atoms. The van der Waals surface area contributed by atoms with Crippen LogP contribution in [0.4, 0.5) is 5.69 Å². The molecule has 1 aliphatic heterocycles. The number of halogens is 2. The number of rotatable bonds is 10. The minimum atomic E-state index is -0.269. The van der Waals surface area contributed by atoms with Crippen molar-refractivity contribution >= 4 is 55.3 Å². The van der Waals surface area contributed by atoms with Crippen molar-refractivity contribution in [3.63, 3.8) is 0 Å². The van der Waals surface area contributed by atoms with Crippen LogP contribution >= 0.6 is 31.9 Å². The van der Waals surface area contributed by atoms with E-state index in [4.69, 9.17) is 4.74 Å². The SMILES string of the molecule is CCCCCCCCCC(=O)Oc1cccc(N2C(=O)[C@H]3[C@@H]4C[C@@H]([C@@H](Br)[C@H]4Br)[C@@H]3C2=O)c1. The number of esters is 1. The highest BCUT2D eigenvalue weighted by Crippen LogP contribution is 2.60. The lowest BCUT2D eigenvalue weighted by molar-refractivity contribution is -0.134. The summed E-state index contributed by atoms with van der Waals surface area (Å²) in [6.07, 6.45) is 9.28. The van der Waals surface area contributed by atoms with E-state index in [1.54, 1.807) is 24.3 Å². The fraction of sp³-hybridized carbons (Fsp3) is 0.640. The number of unbranched alkanes of at least 4 members (excludes halogenated alkanes) is 6. The average molecular weight is 569 g/mol. The van der Waals surface area contributed by atoms with Crippen molar-refractivity contribution in [2.24, 2.45) is 23.7 Å².